The summed E-state index contributed by atoms with van der Waals surface area (Å²) < 4.78 is 16.8. The first kappa shape index (κ1) is 20.6. The van der Waals surface area contributed by atoms with Crippen LogP contribution in [0.1, 0.15) is 33.6 Å². The van der Waals surface area contributed by atoms with Gasteiger partial charge in [0.1, 0.15) is 12.7 Å². The van der Waals surface area contributed by atoms with E-state index in [0.29, 0.717) is 13.2 Å². The van der Waals surface area contributed by atoms with E-state index in [-0.39, 0.29) is 24.7 Å². The minimum Gasteiger partial charge on any atom is -0.480 e. The molecule has 0 spiro atoms. The highest BCUT2D eigenvalue weighted by Crippen LogP contribution is 2.19. The Kier molecular flexibility index (Phi) is 9.60. The van der Waals surface area contributed by atoms with Crippen LogP contribution in [0.5, 0.6) is 0 Å². The molecule has 0 aromatic rings. The fraction of sp³-hybridized carbons (Fsp3) is 0.632. The molecule has 3 unspecified atom stereocenters. The molecule has 3 atom stereocenters. The van der Waals surface area contributed by atoms with Gasteiger partial charge in [-0.1, -0.05) is 42.4 Å². The molecule has 136 valence electrons. The van der Waals surface area contributed by atoms with E-state index in [2.05, 4.69) is 25.2 Å². The number of rotatable bonds is 4. The second kappa shape index (κ2) is 11.2. The Morgan fingerprint density at radius 2 is 2.12 bits per heavy atom. The maximum absolute atomic E-state index is 10.9. The number of allylic oxidation sites excluding steroid dienone is 2. The van der Waals surface area contributed by atoms with E-state index >= 15 is 0 Å². The molecule has 1 aliphatic rings. The minimum absolute atomic E-state index is 0.00256. The molecule has 1 aliphatic heterocycles. The largest absolute Gasteiger partial charge is 0.480 e. The average Bonchev–Trinajstić information content (AvgIpc) is 2.52. The summed E-state index contributed by atoms with van der Waals surface area (Å²) >= 11 is 0. The lowest BCUT2D eigenvalue weighted by molar-refractivity contribution is -0.148. The van der Waals surface area contributed by atoms with Crippen LogP contribution in [0.15, 0.2) is 35.5 Å². The molecule has 1 heterocycles. The van der Waals surface area contributed by atoms with Crippen molar-refractivity contribution in [1.29, 1.82) is 0 Å². The predicted molar refractivity (Wildman–Crippen MR) is 94.0 cm³/mol. The van der Waals surface area contributed by atoms with Crippen LogP contribution in [0.4, 0.5) is 0 Å². The summed E-state index contributed by atoms with van der Waals surface area (Å²) in [5.74, 6) is -0.979. The number of hydrogen-bond acceptors (Lipinski definition) is 4. The van der Waals surface area contributed by atoms with Crippen molar-refractivity contribution in [3.8, 4) is 0 Å². The van der Waals surface area contributed by atoms with E-state index in [4.69, 9.17) is 19.3 Å². The average molecular weight is 338 g/mol. The topological polar surface area (TPSA) is 65.0 Å². The first-order chi connectivity index (χ1) is 11.4. The van der Waals surface area contributed by atoms with Crippen molar-refractivity contribution in [3.05, 3.63) is 35.5 Å². The van der Waals surface area contributed by atoms with Crippen molar-refractivity contribution >= 4 is 5.97 Å². The zero-order valence-corrected chi connectivity index (χ0v) is 15.2. The molecule has 1 rings (SSSR count). The van der Waals surface area contributed by atoms with Gasteiger partial charge in [0.05, 0.1) is 19.3 Å². The third-order valence-electron chi connectivity index (χ3n) is 3.97. The molecule has 1 N–H and O–H groups in total. The van der Waals surface area contributed by atoms with E-state index < -0.39 is 5.97 Å². The fourth-order valence-corrected chi connectivity index (χ4v) is 2.69. The standard InChI is InChI=1S/C19H30O5/c1-14-7-5-6-8-17(22-4)19(24-13-18(20)21)16(3)11-15(2)12-23-10-9-14/h6,8-9,11,16-17,19H,5,7,10,12-13H2,1-4H3,(H,20,21). The van der Waals surface area contributed by atoms with E-state index in [1.165, 1.54) is 5.57 Å². The van der Waals surface area contributed by atoms with Crippen LogP contribution in [0.3, 0.4) is 0 Å². The first-order valence-corrected chi connectivity index (χ1v) is 8.37. The van der Waals surface area contributed by atoms with Gasteiger partial charge in [0.15, 0.2) is 0 Å². The lowest BCUT2D eigenvalue weighted by Crippen LogP contribution is -2.36. The summed E-state index contributed by atoms with van der Waals surface area (Å²) in [6.07, 6.45) is 9.42. The second-order valence-corrected chi connectivity index (χ2v) is 6.27. The summed E-state index contributed by atoms with van der Waals surface area (Å²) in [5.41, 5.74) is 2.38. The highest BCUT2D eigenvalue weighted by Gasteiger charge is 2.26. The van der Waals surface area contributed by atoms with E-state index in [9.17, 15) is 4.79 Å². The predicted octanol–water partition coefficient (Wildman–Crippen LogP) is 3.37. The number of aliphatic carboxylic acids is 1. The quantitative estimate of drug-likeness (QED) is 0.796. The van der Waals surface area contributed by atoms with E-state index in [1.807, 2.05) is 19.9 Å². The molecule has 0 fully saturated rings. The molecular formula is C19H30O5. The number of methoxy groups -OCH3 is 1. The molecule has 0 aliphatic carbocycles. The third kappa shape index (κ3) is 7.90. The van der Waals surface area contributed by atoms with Crippen molar-refractivity contribution in [2.45, 2.75) is 45.8 Å². The van der Waals surface area contributed by atoms with Crippen molar-refractivity contribution in [1.82, 2.24) is 0 Å². The first-order valence-electron chi connectivity index (χ1n) is 8.37. The summed E-state index contributed by atoms with van der Waals surface area (Å²) in [4.78, 5) is 10.9. The normalized spacial score (nSPS) is 27.1. The lowest BCUT2D eigenvalue weighted by Gasteiger charge is -2.28. The molecule has 0 aromatic carbocycles. The van der Waals surface area contributed by atoms with Crippen LogP contribution in [-0.4, -0.2) is 50.2 Å². The van der Waals surface area contributed by atoms with Crippen LogP contribution in [0.25, 0.3) is 0 Å². The number of hydrogen-bond donors (Lipinski definition) is 1. The Hall–Kier alpha value is -1.43. The van der Waals surface area contributed by atoms with Crippen molar-refractivity contribution in [2.24, 2.45) is 5.92 Å². The number of carboxylic acids is 1. The van der Waals surface area contributed by atoms with Gasteiger partial charge in [0, 0.05) is 13.0 Å². The molecule has 0 amide bonds. The molecular weight excluding hydrogens is 308 g/mol. The monoisotopic (exact) mass is 338 g/mol. The van der Waals surface area contributed by atoms with Gasteiger partial charge in [-0.15, -0.1) is 0 Å². The molecule has 0 radical (unpaired) electrons. The highest BCUT2D eigenvalue weighted by atomic mass is 16.5. The van der Waals surface area contributed by atoms with Gasteiger partial charge in [-0.2, -0.15) is 0 Å². The van der Waals surface area contributed by atoms with E-state index in [0.717, 1.165) is 18.4 Å². The van der Waals surface area contributed by atoms with Gasteiger partial charge in [-0.3, -0.25) is 0 Å². The van der Waals surface area contributed by atoms with Crippen LogP contribution in [0, 0.1) is 5.92 Å². The summed E-state index contributed by atoms with van der Waals surface area (Å²) in [5, 5.41) is 8.92. The van der Waals surface area contributed by atoms with E-state index in [1.54, 1.807) is 7.11 Å². The maximum Gasteiger partial charge on any atom is 0.329 e. The highest BCUT2D eigenvalue weighted by molar-refractivity contribution is 5.68. The van der Waals surface area contributed by atoms with Crippen molar-refractivity contribution in [2.75, 3.05) is 26.9 Å². The van der Waals surface area contributed by atoms with Gasteiger partial charge in [-0.25, -0.2) is 4.79 Å². The molecule has 5 nitrogen and oxygen atoms in total. The number of carboxylic acid groups (broad SMARTS) is 1. The zero-order chi connectivity index (χ0) is 17.9. The Labute approximate surface area is 145 Å². The van der Waals surface area contributed by atoms with Gasteiger partial charge in [0.25, 0.3) is 0 Å². The van der Waals surface area contributed by atoms with Crippen LogP contribution >= 0.6 is 0 Å². The smallest absolute Gasteiger partial charge is 0.329 e. The minimum atomic E-state index is -0.981. The SMILES string of the molecule is COC1C=CCCC(C)=CCOCC(C)=CC(C)C1OCC(=O)O. The summed E-state index contributed by atoms with van der Waals surface area (Å²) in [6, 6.07) is 0. The number of carbonyl (C=O) groups is 1. The maximum atomic E-state index is 10.9. The van der Waals surface area contributed by atoms with Crippen molar-refractivity contribution in [3.63, 3.8) is 0 Å². The Morgan fingerprint density at radius 1 is 1.38 bits per heavy atom. The van der Waals surface area contributed by atoms with Crippen LogP contribution < -0.4 is 0 Å². The molecule has 5 heteroatoms. The Bertz CT molecular complexity index is 478. The van der Waals surface area contributed by atoms with Crippen LogP contribution in [0.2, 0.25) is 0 Å². The van der Waals surface area contributed by atoms with Crippen molar-refractivity contribution < 1.29 is 24.1 Å². The van der Waals surface area contributed by atoms with Gasteiger partial charge in [-0.05, 0) is 26.7 Å². The molecule has 0 aromatic heterocycles. The van der Waals surface area contributed by atoms with Gasteiger partial charge >= 0.3 is 5.97 Å². The lowest BCUT2D eigenvalue weighted by atomic mass is 9.96. The summed E-state index contributed by atoms with van der Waals surface area (Å²) in [7, 11) is 1.62. The third-order valence-corrected chi connectivity index (χ3v) is 3.97. The Morgan fingerprint density at radius 3 is 2.79 bits per heavy atom. The molecule has 24 heavy (non-hydrogen) atoms. The summed E-state index contributed by atoms with van der Waals surface area (Å²) in [6.45, 7) is 6.92. The second-order valence-electron chi connectivity index (χ2n) is 6.27. The Balaban J connectivity index is 2.98. The van der Waals surface area contributed by atoms with Gasteiger partial charge in [0.2, 0.25) is 0 Å². The molecule has 0 saturated carbocycles. The molecule has 0 bridgehead atoms. The zero-order valence-electron chi connectivity index (χ0n) is 15.2. The molecule has 0 saturated heterocycles. The number of ether oxygens (including phenoxy) is 3. The van der Waals surface area contributed by atoms with Gasteiger partial charge < -0.3 is 19.3 Å². The fourth-order valence-electron chi connectivity index (χ4n) is 2.69. The van der Waals surface area contributed by atoms with Crippen LogP contribution in [-0.2, 0) is 19.0 Å².